The molecule has 3 nitrogen and oxygen atoms in total. The van der Waals surface area contributed by atoms with E-state index in [4.69, 9.17) is 0 Å². The van der Waals surface area contributed by atoms with Gasteiger partial charge in [0.1, 0.15) is 5.82 Å². The lowest BCUT2D eigenvalue weighted by Crippen LogP contribution is -2.42. The standard InChI is InChI=1S/C19H27FN2O/c20-18-5-3-15(4-6-18)14-16-8-12-22(13-9-16)19(23)17-2-1-10-21-11-7-17/h3-6,16-17,21H,1-2,7-14H2. The number of hydrogen-bond acceptors (Lipinski definition) is 2. The van der Waals surface area contributed by atoms with Crippen molar-refractivity contribution in [2.45, 2.75) is 38.5 Å². The molecule has 0 aliphatic carbocycles. The lowest BCUT2D eigenvalue weighted by molar-refractivity contribution is -0.137. The molecule has 2 heterocycles. The number of nitrogens with one attached hydrogen (secondary N) is 1. The van der Waals surface area contributed by atoms with Crippen LogP contribution in [0.1, 0.15) is 37.7 Å². The number of carbonyl (C=O) groups is 1. The number of halogens is 1. The quantitative estimate of drug-likeness (QED) is 0.929. The van der Waals surface area contributed by atoms with E-state index in [-0.39, 0.29) is 11.7 Å². The Balaban J connectivity index is 1.47. The molecule has 0 radical (unpaired) electrons. The highest BCUT2D eigenvalue weighted by molar-refractivity contribution is 5.79. The molecule has 1 unspecified atom stereocenters. The van der Waals surface area contributed by atoms with Gasteiger partial charge in [-0.3, -0.25) is 4.79 Å². The van der Waals surface area contributed by atoms with Gasteiger partial charge in [-0.15, -0.1) is 0 Å². The lowest BCUT2D eigenvalue weighted by atomic mass is 9.89. The minimum Gasteiger partial charge on any atom is -0.342 e. The molecular formula is C19H27FN2O. The lowest BCUT2D eigenvalue weighted by Gasteiger charge is -2.34. The number of hydrogen-bond donors (Lipinski definition) is 1. The Bertz CT molecular complexity index is 501. The topological polar surface area (TPSA) is 32.3 Å². The van der Waals surface area contributed by atoms with E-state index >= 15 is 0 Å². The second-order valence-corrected chi connectivity index (χ2v) is 6.98. The molecule has 2 saturated heterocycles. The van der Waals surface area contributed by atoms with E-state index < -0.39 is 0 Å². The summed E-state index contributed by atoms with van der Waals surface area (Å²) in [6, 6.07) is 6.83. The van der Waals surface area contributed by atoms with E-state index in [0.717, 1.165) is 64.7 Å². The average Bonchev–Trinajstić information content (AvgIpc) is 2.86. The Morgan fingerprint density at radius 2 is 1.83 bits per heavy atom. The zero-order valence-electron chi connectivity index (χ0n) is 13.8. The SMILES string of the molecule is O=C(C1CCCNCC1)N1CCC(Cc2ccc(F)cc2)CC1. The maximum Gasteiger partial charge on any atom is 0.225 e. The molecule has 1 aromatic rings. The highest BCUT2D eigenvalue weighted by Crippen LogP contribution is 2.25. The third kappa shape index (κ3) is 4.54. The predicted octanol–water partition coefficient (Wildman–Crippen LogP) is 3.00. The minimum atomic E-state index is -0.174. The van der Waals surface area contributed by atoms with Crippen molar-refractivity contribution in [2.24, 2.45) is 11.8 Å². The average molecular weight is 318 g/mol. The van der Waals surface area contributed by atoms with Crippen LogP contribution in [-0.4, -0.2) is 37.0 Å². The van der Waals surface area contributed by atoms with Gasteiger partial charge in [0, 0.05) is 19.0 Å². The molecule has 0 spiro atoms. The Kier molecular flexibility index (Phi) is 5.65. The minimum absolute atomic E-state index is 0.174. The van der Waals surface area contributed by atoms with Crippen LogP contribution >= 0.6 is 0 Å². The Labute approximate surface area is 138 Å². The Hall–Kier alpha value is -1.42. The van der Waals surface area contributed by atoms with Crippen molar-refractivity contribution in [1.82, 2.24) is 10.2 Å². The monoisotopic (exact) mass is 318 g/mol. The molecular weight excluding hydrogens is 291 g/mol. The zero-order valence-corrected chi connectivity index (χ0v) is 13.8. The van der Waals surface area contributed by atoms with E-state index in [1.807, 2.05) is 12.1 Å². The number of nitrogens with zero attached hydrogens (tertiary/aromatic N) is 1. The van der Waals surface area contributed by atoms with Crippen LogP contribution in [0.15, 0.2) is 24.3 Å². The van der Waals surface area contributed by atoms with Crippen LogP contribution in [-0.2, 0) is 11.2 Å². The number of carbonyl (C=O) groups excluding carboxylic acids is 1. The number of amides is 1. The van der Waals surface area contributed by atoms with Gasteiger partial charge >= 0.3 is 0 Å². The number of likely N-dealkylation sites (tertiary alicyclic amines) is 1. The first-order valence-corrected chi connectivity index (χ1v) is 8.96. The molecule has 1 amide bonds. The fraction of sp³-hybridized carbons (Fsp3) is 0.632. The van der Waals surface area contributed by atoms with Crippen LogP contribution in [0.4, 0.5) is 4.39 Å². The first-order valence-electron chi connectivity index (χ1n) is 8.96. The number of rotatable bonds is 3. The van der Waals surface area contributed by atoms with Gasteiger partial charge in [-0.05, 0) is 75.2 Å². The second-order valence-electron chi connectivity index (χ2n) is 6.98. The van der Waals surface area contributed by atoms with E-state index in [1.54, 1.807) is 0 Å². The normalized spacial score (nSPS) is 23.5. The molecule has 1 N–H and O–H groups in total. The molecule has 4 heteroatoms. The maximum atomic E-state index is 13.0. The molecule has 126 valence electrons. The molecule has 2 aliphatic heterocycles. The van der Waals surface area contributed by atoms with E-state index in [9.17, 15) is 9.18 Å². The van der Waals surface area contributed by atoms with Crippen LogP contribution in [0.25, 0.3) is 0 Å². The van der Waals surface area contributed by atoms with Gasteiger partial charge in [-0.1, -0.05) is 12.1 Å². The maximum absolute atomic E-state index is 13.0. The van der Waals surface area contributed by atoms with Crippen LogP contribution in [0.2, 0.25) is 0 Å². The van der Waals surface area contributed by atoms with Gasteiger partial charge < -0.3 is 10.2 Å². The van der Waals surface area contributed by atoms with E-state index in [2.05, 4.69) is 10.2 Å². The first kappa shape index (κ1) is 16.4. The predicted molar refractivity (Wildman–Crippen MR) is 89.6 cm³/mol. The van der Waals surface area contributed by atoms with Crippen LogP contribution < -0.4 is 5.32 Å². The molecule has 0 bridgehead atoms. The smallest absolute Gasteiger partial charge is 0.225 e. The third-order valence-corrected chi connectivity index (χ3v) is 5.29. The Morgan fingerprint density at radius 1 is 1.09 bits per heavy atom. The van der Waals surface area contributed by atoms with Crippen molar-refractivity contribution in [3.8, 4) is 0 Å². The summed E-state index contributed by atoms with van der Waals surface area (Å²) in [4.78, 5) is 14.7. The van der Waals surface area contributed by atoms with Gasteiger partial charge in [-0.2, -0.15) is 0 Å². The molecule has 2 aliphatic rings. The van der Waals surface area contributed by atoms with Gasteiger partial charge in [0.2, 0.25) is 5.91 Å². The highest BCUT2D eigenvalue weighted by Gasteiger charge is 2.28. The fourth-order valence-corrected chi connectivity index (χ4v) is 3.84. The zero-order chi connectivity index (χ0) is 16.1. The molecule has 3 rings (SSSR count). The van der Waals surface area contributed by atoms with Crippen LogP contribution in [0, 0.1) is 17.7 Å². The van der Waals surface area contributed by atoms with Crippen molar-refractivity contribution in [2.75, 3.05) is 26.2 Å². The summed E-state index contributed by atoms with van der Waals surface area (Å²) >= 11 is 0. The summed E-state index contributed by atoms with van der Waals surface area (Å²) in [6.45, 7) is 3.78. The van der Waals surface area contributed by atoms with Gasteiger partial charge in [0.05, 0.1) is 0 Å². The van der Waals surface area contributed by atoms with Crippen LogP contribution in [0.3, 0.4) is 0 Å². The molecule has 2 fully saturated rings. The van der Waals surface area contributed by atoms with E-state index in [0.29, 0.717) is 11.8 Å². The molecule has 1 atom stereocenters. The molecule has 1 aromatic carbocycles. The van der Waals surface area contributed by atoms with Crippen molar-refractivity contribution >= 4 is 5.91 Å². The molecule has 0 aromatic heterocycles. The number of piperidine rings is 1. The summed E-state index contributed by atoms with van der Waals surface area (Å²) in [6.07, 6.45) is 6.24. The Morgan fingerprint density at radius 3 is 2.57 bits per heavy atom. The summed E-state index contributed by atoms with van der Waals surface area (Å²) in [5, 5.41) is 3.38. The van der Waals surface area contributed by atoms with Crippen molar-refractivity contribution < 1.29 is 9.18 Å². The highest BCUT2D eigenvalue weighted by atomic mass is 19.1. The summed E-state index contributed by atoms with van der Waals surface area (Å²) < 4.78 is 13.0. The first-order chi connectivity index (χ1) is 11.2. The molecule has 23 heavy (non-hydrogen) atoms. The van der Waals surface area contributed by atoms with Crippen LogP contribution in [0.5, 0.6) is 0 Å². The second kappa shape index (κ2) is 7.91. The van der Waals surface area contributed by atoms with E-state index in [1.165, 1.54) is 17.7 Å². The molecule has 0 saturated carbocycles. The van der Waals surface area contributed by atoms with Gasteiger partial charge in [-0.25, -0.2) is 4.39 Å². The van der Waals surface area contributed by atoms with Crippen molar-refractivity contribution in [1.29, 1.82) is 0 Å². The summed E-state index contributed by atoms with van der Waals surface area (Å²) in [5.74, 6) is 1.03. The number of benzene rings is 1. The largest absolute Gasteiger partial charge is 0.342 e. The summed E-state index contributed by atoms with van der Waals surface area (Å²) in [5.41, 5.74) is 1.20. The van der Waals surface area contributed by atoms with Gasteiger partial charge in [0.25, 0.3) is 0 Å². The third-order valence-electron chi connectivity index (χ3n) is 5.29. The summed E-state index contributed by atoms with van der Waals surface area (Å²) in [7, 11) is 0. The fourth-order valence-electron chi connectivity index (χ4n) is 3.84. The van der Waals surface area contributed by atoms with Gasteiger partial charge in [0.15, 0.2) is 0 Å². The van der Waals surface area contributed by atoms with Crippen molar-refractivity contribution in [3.05, 3.63) is 35.6 Å². The van der Waals surface area contributed by atoms with Crippen molar-refractivity contribution in [3.63, 3.8) is 0 Å².